The first-order valence-electron chi connectivity index (χ1n) is 5.54. The Morgan fingerprint density at radius 3 is 2.82 bits per heavy atom. The van der Waals surface area contributed by atoms with Gasteiger partial charge >= 0.3 is 0 Å². The van der Waals surface area contributed by atoms with Crippen LogP contribution in [0.2, 0.25) is 0 Å². The quantitative estimate of drug-likeness (QED) is 0.900. The second-order valence-corrected chi connectivity index (χ2v) is 7.94. The van der Waals surface area contributed by atoms with Crippen molar-refractivity contribution in [1.29, 1.82) is 0 Å². The molecule has 1 unspecified atom stereocenters. The molecule has 1 fully saturated rings. The van der Waals surface area contributed by atoms with Gasteiger partial charge in [-0.25, -0.2) is 8.42 Å². The van der Waals surface area contributed by atoms with Crippen LogP contribution in [-0.2, 0) is 10.0 Å². The van der Waals surface area contributed by atoms with Gasteiger partial charge in [-0.3, -0.25) is 0 Å². The second-order valence-electron chi connectivity index (χ2n) is 4.09. The number of nitrogens with two attached hydrogens (primary N) is 1. The third-order valence-corrected chi connectivity index (χ3v) is 7.45. The minimum atomic E-state index is -3.44. The van der Waals surface area contributed by atoms with E-state index in [4.69, 9.17) is 5.73 Å². The Bertz CT molecular complexity index is 486. The van der Waals surface area contributed by atoms with Gasteiger partial charge in [-0.1, -0.05) is 12.8 Å². The van der Waals surface area contributed by atoms with Crippen LogP contribution in [0.1, 0.15) is 25.7 Å². The predicted molar refractivity (Wildman–Crippen MR) is 72.4 cm³/mol. The van der Waals surface area contributed by atoms with Crippen molar-refractivity contribution in [3.8, 4) is 0 Å². The summed E-state index contributed by atoms with van der Waals surface area (Å²) in [6.07, 6.45) is 3.28. The third kappa shape index (κ3) is 2.73. The molecule has 1 saturated heterocycles. The summed E-state index contributed by atoms with van der Waals surface area (Å²) >= 11 is 4.50. The summed E-state index contributed by atoms with van der Waals surface area (Å²) in [6.45, 7) is 0.522. The lowest BCUT2D eigenvalue weighted by Gasteiger charge is -2.25. The van der Waals surface area contributed by atoms with E-state index in [9.17, 15) is 8.42 Å². The monoisotopic (exact) mass is 338 g/mol. The van der Waals surface area contributed by atoms with E-state index < -0.39 is 16.2 Å². The molecule has 0 aromatic carbocycles. The average molecular weight is 339 g/mol. The summed E-state index contributed by atoms with van der Waals surface area (Å²) in [6, 6.07) is 1.75. The van der Waals surface area contributed by atoms with Crippen molar-refractivity contribution in [2.45, 2.75) is 36.1 Å². The van der Waals surface area contributed by atoms with Crippen LogP contribution in [0.25, 0.3) is 0 Å². The summed E-state index contributed by atoms with van der Waals surface area (Å²) in [7, 11) is -3.44. The first kappa shape index (κ1) is 13.5. The van der Waals surface area contributed by atoms with Gasteiger partial charge in [0.1, 0.15) is 4.21 Å². The Labute approximate surface area is 114 Å². The van der Waals surface area contributed by atoms with Crippen molar-refractivity contribution in [2.75, 3.05) is 6.54 Å². The third-order valence-electron chi connectivity index (χ3n) is 2.88. The van der Waals surface area contributed by atoms with Crippen molar-refractivity contribution in [1.82, 2.24) is 4.31 Å². The molecule has 2 rings (SSSR count). The SMILES string of the molecule is NC1CCCCCN1S(=O)(=O)c1sccc1Br. The van der Waals surface area contributed by atoms with Crippen LogP contribution < -0.4 is 5.73 Å². The van der Waals surface area contributed by atoms with Gasteiger partial charge in [0, 0.05) is 11.0 Å². The fourth-order valence-electron chi connectivity index (χ4n) is 1.98. The topological polar surface area (TPSA) is 63.4 Å². The Morgan fingerprint density at radius 1 is 1.41 bits per heavy atom. The largest absolute Gasteiger partial charge is 0.315 e. The van der Waals surface area contributed by atoms with Gasteiger partial charge in [0.15, 0.2) is 0 Å². The number of halogens is 1. The van der Waals surface area contributed by atoms with Gasteiger partial charge in [-0.2, -0.15) is 4.31 Å². The minimum absolute atomic E-state index is 0.356. The first-order valence-corrected chi connectivity index (χ1v) is 8.65. The van der Waals surface area contributed by atoms with E-state index in [0.717, 1.165) is 25.7 Å². The maximum Gasteiger partial charge on any atom is 0.255 e. The zero-order valence-electron chi connectivity index (χ0n) is 9.30. The molecule has 0 spiro atoms. The highest BCUT2D eigenvalue weighted by molar-refractivity contribution is 9.10. The molecule has 2 N–H and O–H groups in total. The summed E-state index contributed by atoms with van der Waals surface area (Å²) < 4.78 is 27.3. The van der Waals surface area contributed by atoms with E-state index in [0.29, 0.717) is 15.2 Å². The van der Waals surface area contributed by atoms with Crippen LogP contribution in [0.3, 0.4) is 0 Å². The van der Waals surface area contributed by atoms with Crippen LogP contribution >= 0.6 is 27.3 Å². The molecule has 4 nitrogen and oxygen atoms in total. The number of thiophene rings is 1. The Balaban J connectivity index is 2.34. The molecule has 0 bridgehead atoms. The van der Waals surface area contributed by atoms with Crippen LogP contribution in [-0.4, -0.2) is 25.4 Å². The number of nitrogens with zero attached hydrogens (tertiary/aromatic N) is 1. The van der Waals surface area contributed by atoms with E-state index in [1.807, 2.05) is 0 Å². The molecular weight excluding hydrogens is 324 g/mol. The van der Waals surface area contributed by atoms with Crippen LogP contribution in [0.5, 0.6) is 0 Å². The van der Waals surface area contributed by atoms with Gasteiger partial charge in [0.25, 0.3) is 10.0 Å². The predicted octanol–water partition coefficient (Wildman–Crippen LogP) is 2.36. The zero-order valence-corrected chi connectivity index (χ0v) is 12.5. The highest BCUT2D eigenvalue weighted by atomic mass is 79.9. The lowest BCUT2D eigenvalue weighted by molar-refractivity contribution is 0.330. The van der Waals surface area contributed by atoms with Crippen molar-refractivity contribution in [3.63, 3.8) is 0 Å². The molecule has 7 heteroatoms. The molecule has 0 amide bonds. The molecule has 1 aliphatic rings. The van der Waals surface area contributed by atoms with E-state index in [1.165, 1.54) is 15.6 Å². The number of sulfonamides is 1. The minimum Gasteiger partial charge on any atom is -0.315 e. The fourth-order valence-corrected chi connectivity index (χ4v) is 5.99. The fraction of sp³-hybridized carbons (Fsp3) is 0.600. The van der Waals surface area contributed by atoms with Crippen molar-refractivity contribution >= 4 is 37.3 Å². The molecule has 1 aliphatic heterocycles. The number of hydrogen-bond acceptors (Lipinski definition) is 4. The average Bonchev–Trinajstić information content (AvgIpc) is 2.57. The molecule has 0 aliphatic carbocycles. The van der Waals surface area contributed by atoms with Crippen molar-refractivity contribution in [3.05, 3.63) is 15.9 Å². The lowest BCUT2D eigenvalue weighted by Crippen LogP contribution is -2.45. The highest BCUT2D eigenvalue weighted by Gasteiger charge is 2.32. The van der Waals surface area contributed by atoms with E-state index in [-0.39, 0.29) is 0 Å². The highest BCUT2D eigenvalue weighted by Crippen LogP contribution is 2.32. The second kappa shape index (κ2) is 5.36. The van der Waals surface area contributed by atoms with Crippen molar-refractivity contribution < 1.29 is 8.42 Å². The Kier molecular flexibility index (Phi) is 4.25. The lowest BCUT2D eigenvalue weighted by atomic mass is 10.2. The van der Waals surface area contributed by atoms with Gasteiger partial charge in [-0.15, -0.1) is 11.3 Å². The normalized spacial score (nSPS) is 23.5. The molecule has 2 heterocycles. The first-order chi connectivity index (χ1) is 8.03. The van der Waals surface area contributed by atoms with Gasteiger partial charge in [0.2, 0.25) is 0 Å². The van der Waals surface area contributed by atoms with Crippen molar-refractivity contribution in [2.24, 2.45) is 5.73 Å². The molecule has 0 radical (unpaired) electrons. The molecule has 1 aromatic heterocycles. The van der Waals surface area contributed by atoms with E-state index >= 15 is 0 Å². The van der Waals surface area contributed by atoms with Crippen LogP contribution in [0, 0.1) is 0 Å². The summed E-state index contributed by atoms with van der Waals surface area (Å²) in [4.78, 5) is 0. The molecular formula is C10H15BrN2O2S2. The van der Waals surface area contributed by atoms with Crippen LogP contribution in [0.15, 0.2) is 20.1 Å². The number of rotatable bonds is 2. The summed E-state index contributed by atoms with van der Waals surface area (Å²) in [5.74, 6) is 0. The molecule has 96 valence electrons. The summed E-state index contributed by atoms with van der Waals surface area (Å²) in [5, 5.41) is 1.76. The van der Waals surface area contributed by atoms with E-state index in [2.05, 4.69) is 15.9 Å². The molecule has 17 heavy (non-hydrogen) atoms. The molecule has 0 saturated carbocycles. The van der Waals surface area contributed by atoms with Crippen LogP contribution in [0.4, 0.5) is 0 Å². The van der Waals surface area contributed by atoms with E-state index in [1.54, 1.807) is 11.4 Å². The maximum absolute atomic E-state index is 12.5. The standard InChI is InChI=1S/C10H15BrN2O2S2/c11-8-5-7-16-10(8)17(14,15)13-6-3-1-2-4-9(13)12/h5,7,9H,1-4,6,12H2. The molecule has 1 aromatic rings. The molecule has 1 atom stereocenters. The van der Waals surface area contributed by atoms with Gasteiger partial charge in [-0.05, 0) is 40.2 Å². The summed E-state index contributed by atoms with van der Waals surface area (Å²) in [5.41, 5.74) is 5.96. The number of hydrogen-bond donors (Lipinski definition) is 1. The maximum atomic E-state index is 12.5. The smallest absolute Gasteiger partial charge is 0.255 e. The van der Waals surface area contributed by atoms with Gasteiger partial charge in [0.05, 0.1) is 6.17 Å². The zero-order chi connectivity index (χ0) is 12.5. The Morgan fingerprint density at radius 2 is 2.18 bits per heavy atom. The van der Waals surface area contributed by atoms with Gasteiger partial charge < -0.3 is 5.73 Å². The Hall–Kier alpha value is 0.0500.